The fourth-order valence-electron chi connectivity index (χ4n) is 4.34. The van der Waals surface area contributed by atoms with Crippen molar-refractivity contribution >= 4 is 33.0 Å². The number of hydrogen-bond acceptors (Lipinski definition) is 10. The van der Waals surface area contributed by atoms with Gasteiger partial charge < -0.3 is 24.0 Å². The molecule has 1 aromatic carbocycles. The third kappa shape index (κ3) is 5.75. The van der Waals surface area contributed by atoms with Crippen molar-refractivity contribution in [2.45, 2.75) is 19.3 Å². The van der Waals surface area contributed by atoms with Gasteiger partial charge in [-0.25, -0.2) is 10.1 Å². The third-order valence-electron chi connectivity index (χ3n) is 6.15. The lowest BCUT2D eigenvalue weighted by Crippen LogP contribution is -2.38. The van der Waals surface area contributed by atoms with Crippen molar-refractivity contribution in [2.75, 3.05) is 70.0 Å². The monoisotopic (exact) mass is 481 g/mol. The summed E-state index contributed by atoms with van der Waals surface area (Å²) in [6, 6.07) is 3.82. The van der Waals surface area contributed by atoms with Crippen LogP contribution in [-0.4, -0.2) is 78.6 Å². The fourth-order valence-corrected chi connectivity index (χ4v) is 4.67. The van der Waals surface area contributed by atoms with E-state index in [0.717, 1.165) is 55.7 Å². The summed E-state index contributed by atoms with van der Waals surface area (Å²) in [6.45, 7) is 4.47. The highest BCUT2D eigenvalue weighted by Gasteiger charge is 2.25. The van der Waals surface area contributed by atoms with Crippen LogP contribution in [0.25, 0.3) is 10.9 Å². The highest BCUT2D eigenvalue weighted by Crippen LogP contribution is 2.37. The Morgan fingerprint density at radius 3 is 2.33 bits per heavy atom. The molecular formula is C21H31N5O6S. The summed E-state index contributed by atoms with van der Waals surface area (Å²) in [7, 11) is -0.671. The second-order valence-electron chi connectivity index (χ2n) is 8.20. The summed E-state index contributed by atoms with van der Waals surface area (Å²) >= 11 is 0. The van der Waals surface area contributed by atoms with Crippen LogP contribution in [0.5, 0.6) is 11.5 Å². The standard InChI is InChI=1S/C21H31N5O6S/c1-29-18-13-16-17(14-19(18)30-2)23-21(26-8-11-31-12-9-26)24-20(16)25-6-3-15(4-7-25)5-10-32-33(22,27)28/h13-15H,3-12H2,1-2H3,(H2,22,27,28). The van der Waals surface area contributed by atoms with Gasteiger partial charge in [0.2, 0.25) is 5.95 Å². The van der Waals surface area contributed by atoms with Crippen molar-refractivity contribution in [3.8, 4) is 11.5 Å². The summed E-state index contributed by atoms with van der Waals surface area (Å²) in [5.74, 6) is 3.16. The van der Waals surface area contributed by atoms with Crippen molar-refractivity contribution in [1.29, 1.82) is 0 Å². The van der Waals surface area contributed by atoms with Crippen LogP contribution in [-0.2, 0) is 19.2 Å². The quantitative estimate of drug-likeness (QED) is 0.589. The van der Waals surface area contributed by atoms with Gasteiger partial charge in [-0.15, -0.1) is 0 Å². The second-order valence-corrected chi connectivity index (χ2v) is 9.43. The first-order chi connectivity index (χ1) is 15.9. The third-order valence-corrected chi connectivity index (χ3v) is 6.65. The predicted molar refractivity (Wildman–Crippen MR) is 124 cm³/mol. The summed E-state index contributed by atoms with van der Waals surface area (Å²) in [5, 5.41) is 5.82. The molecule has 11 nitrogen and oxygen atoms in total. The Labute approximate surface area is 194 Å². The maximum atomic E-state index is 11.0. The number of ether oxygens (including phenoxy) is 3. The lowest BCUT2D eigenvalue weighted by molar-refractivity contribution is 0.122. The van der Waals surface area contributed by atoms with E-state index in [4.69, 9.17) is 33.5 Å². The van der Waals surface area contributed by atoms with Gasteiger partial charge in [0.15, 0.2) is 11.5 Å². The Morgan fingerprint density at radius 2 is 1.70 bits per heavy atom. The van der Waals surface area contributed by atoms with Crippen molar-refractivity contribution < 1.29 is 26.8 Å². The lowest BCUT2D eigenvalue weighted by atomic mass is 9.94. The molecule has 0 saturated carbocycles. The van der Waals surface area contributed by atoms with E-state index in [1.165, 1.54) is 0 Å². The maximum absolute atomic E-state index is 11.0. The zero-order chi connectivity index (χ0) is 23.4. The molecule has 0 spiro atoms. The normalized spacial score (nSPS) is 18.0. The largest absolute Gasteiger partial charge is 0.493 e. The van der Waals surface area contributed by atoms with E-state index in [9.17, 15) is 8.42 Å². The number of fused-ring (bicyclic) bond motifs is 1. The van der Waals surface area contributed by atoms with Crippen molar-refractivity contribution in [1.82, 2.24) is 9.97 Å². The van der Waals surface area contributed by atoms with Crippen LogP contribution in [0.15, 0.2) is 12.1 Å². The SMILES string of the molecule is COc1cc2nc(N3CCOCC3)nc(N3CCC(CCOS(N)(=O)=O)CC3)c2cc1OC. The molecule has 2 aromatic rings. The lowest BCUT2D eigenvalue weighted by Gasteiger charge is -2.34. The first-order valence-electron chi connectivity index (χ1n) is 11.1. The average Bonchev–Trinajstić information content (AvgIpc) is 2.82. The molecule has 0 bridgehead atoms. The molecule has 0 amide bonds. The Bertz CT molecular complexity index is 1070. The molecule has 2 N–H and O–H groups in total. The minimum Gasteiger partial charge on any atom is -0.493 e. The average molecular weight is 482 g/mol. The number of anilines is 2. The van der Waals surface area contributed by atoms with Gasteiger partial charge in [-0.3, -0.25) is 4.18 Å². The molecule has 0 aliphatic carbocycles. The van der Waals surface area contributed by atoms with Crippen molar-refractivity contribution in [3.63, 3.8) is 0 Å². The summed E-state index contributed by atoms with van der Waals surface area (Å²) in [6.07, 6.45) is 2.46. The number of morpholine rings is 1. The van der Waals surface area contributed by atoms with Crippen molar-refractivity contribution in [3.05, 3.63) is 12.1 Å². The van der Waals surface area contributed by atoms with Crippen LogP contribution in [0.1, 0.15) is 19.3 Å². The van der Waals surface area contributed by atoms with Gasteiger partial charge >= 0.3 is 10.3 Å². The highest BCUT2D eigenvalue weighted by atomic mass is 32.2. The van der Waals surface area contributed by atoms with Crippen LogP contribution in [0.2, 0.25) is 0 Å². The predicted octanol–water partition coefficient (Wildman–Crippen LogP) is 1.31. The smallest absolute Gasteiger partial charge is 0.333 e. The summed E-state index contributed by atoms with van der Waals surface area (Å²) < 4.78 is 43.2. The van der Waals surface area contributed by atoms with Crippen LogP contribution in [0.3, 0.4) is 0 Å². The number of nitrogens with two attached hydrogens (primary N) is 1. The van der Waals surface area contributed by atoms with Crippen LogP contribution in [0, 0.1) is 5.92 Å². The molecular weight excluding hydrogens is 450 g/mol. The number of piperidine rings is 1. The van der Waals surface area contributed by atoms with Crippen LogP contribution >= 0.6 is 0 Å². The Hall–Kier alpha value is -2.41. The molecule has 2 aliphatic heterocycles. The van der Waals surface area contributed by atoms with Gasteiger partial charge in [-0.2, -0.15) is 13.4 Å². The maximum Gasteiger partial charge on any atom is 0.333 e. The zero-order valence-corrected chi connectivity index (χ0v) is 19.8. The Morgan fingerprint density at radius 1 is 1.03 bits per heavy atom. The molecule has 182 valence electrons. The molecule has 0 unspecified atom stereocenters. The van der Waals surface area contributed by atoms with E-state index in [2.05, 4.69) is 9.80 Å². The van der Waals surface area contributed by atoms with E-state index in [1.807, 2.05) is 12.1 Å². The van der Waals surface area contributed by atoms with Gasteiger partial charge in [0.25, 0.3) is 0 Å². The number of aromatic nitrogens is 2. The van der Waals surface area contributed by atoms with E-state index < -0.39 is 10.3 Å². The Kier molecular flexibility index (Phi) is 7.37. The van der Waals surface area contributed by atoms with Gasteiger partial charge in [-0.1, -0.05) is 0 Å². The number of methoxy groups -OCH3 is 2. The van der Waals surface area contributed by atoms with Gasteiger partial charge in [0.1, 0.15) is 5.82 Å². The minimum atomic E-state index is -3.89. The second kappa shape index (κ2) is 10.2. The first-order valence-corrected chi connectivity index (χ1v) is 12.5. The molecule has 33 heavy (non-hydrogen) atoms. The van der Waals surface area contributed by atoms with Gasteiger partial charge in [0, 0.05) is 37.6 Å². The van der Waals surface area contributed by atoms with E-state index >= 15 is 0 Å². The zero-order valence-electron chi connectivity index (χ0n) is 19.0. The molecule has 0 radical (unpaired) electrons. The molecule has 0 atom stereocenters. The first kappa shape index (κ1) is 23.7. The van der Waals surface area contributed by atoms with Crippen LogP contribution in [0.4, 0.5) is 11.8 Å². The van der Waals surface area contributed by atoms with Crippen molar-refractivity contribution in [2.24, 2.45) is 11.1 Å². The topological polar surface area (TPSA) is 129 Å². The van der Waals surface area contributed by atoms with Gasteiger partial charge in [-0.05, 0) is 31.2 Å². The molecule has 2 fully saturated rings. The highest BCUT2D eigenvalue weighted by molar-refractivity contribution is 7.84. The molecule has 2 aliphatic rings. The molecule has 3 heterocycles. The van der Waals surface area contributed by atoms with E-state index in [-0.39, 0.29) is 6.61 Å². The van der Waals surface area contributed by atoms with Crippen LogP contribution < -0.4 is 24.4 Å². The minimum absolute atomic E-state index is 0.109. The van der Waals surface area contributed by atoms with Gasteiger partial charge in [0.05, 0.1) is 39.6 Å². The molecule has 4 rings (SSSR count). The number of benzene rings is 1. The number of rotatable bonds is 8. The number of hydrogen-bond donors (Lipinski definition) is 1. The molecule has 12 heteroatoms. The van der Waals surface area contributed by atoms with E-state index in [1.54, 1.807) is 14.2 Å². The molecule has 1 aromatic heterocycles. The summed E-state index contributed by atoms with van der Waals surface area (Å²) in [5.41, 5.74) is 0.794. The summed E-state index contributed by atoms with van der Waals surface area (Å²) in [4.78, 5) is 14.2. The Balaban J connectivity index is 1.60. The van der Waals surface area contributed by atoms with E-state index in [0.29, 0.717) is 43.0 Å². The number of nitrogens with zero attached hydrogens (tertiary/aromatic N) is 4. The fraction of sp³-hybridized carbons (Fsp3) is 0.619. The molecule has 2 saturated heterocycles.